The number of amides is 2. The number of carbonyl (C=O) groups excluding carboxylic acids is 1. The summed E-state index contributed by atoms with van der Waals surface area (Å²) in [6, 6.07) is 10.4. The number of carbonyl (C=O) groups is 1. The number of allylic oxidation sites excluding steroid dienone is 1. The predicted molar refractivity (Wildman–Crippen MR) is 86.6 cm³/mol. The van der Waals surface area contributed by atoms with Crippen LogP contribution in [0.2, 0.25) is 0 Å². The Bertz CT molecular complexity index is 515. The van der Waals surface area contributed by atoms with Gasteiger partial charge in [-0.3, -0.25) is 0 Å². The van der Waals surface area contributed by atoms with E-state index in [0.717, 1.165) is 32.3 Å². The van der Waals surface area contributed by atoms with Crippen LogP contribution in [-0.2, 0) is 4.74 Å². The normalized spacial score (nSPS) is 27.5. The van der Waals surface area contributed by atoms with E-state index < -0.39 is 0 Å². The summed E-state index contributed by atoms with van der Waals surface area (Å²) in [7, 11) is 0. The van der Waals surface area contributed by atoms with E-state index in [0.29, 0.717) is 12.5 Å². The predicted octanol–water partition coefficient (Wildman–Crippen LogP) is 3.17. The highest BCUT2D eigenvalue weighted by atomic mass is 16.5. The maximum atomic E-state index is 12.0. The molecule has 3 atom stereocenters. The first-order valence-electron chi connectivity index (χ1n) is 8.20. The molecule has 1 aliphatic carbocycles. The van der Waals surface area contributed by atoms with Crippen LogP contribution < -0.4 is 10.6 Å². The lowest BCUT2D eigenvalue weighted by atomic mass is 9.95. The van der Waals surface area contributed by atoms with E-state index in [1.807, 2.05) is 18.2 Å². The Kier molecular flexibility index (Phi) is 5.11. The minimum Gasteiger partial charge on any atom is -0.373 e. The first-order chi connectivity index (χ1) is 10.8. The van der Waals surface area contributed by atoms with Crippen LogP contribution in [0.4, 0.5) is 4.79 Å². The third-order valence-corrected chi connectivity index (χ3v) is 4.44. The molecule has 0 radical (unpaired) electrons. The van der Waals surface area contributed by atoms with Crippen LogP contribution in [0.15, 0.2) is 42.5 Å². The monoisotopic (exact) mass is 300 g/mol. The molecule has 0 unspecified atom stereocenters. The third-order valence-electron chi connectivity index (χ3n) is 4.44. The number of benzene rings is 1. The first-order valence-corrected chi connectivity index (χ1v) is 8.20. The largest absolute Gasteiger partial charge is 0.373 e. The molecule has 118 valence electrons. The lowest BCUT2D eigenvalue weighted by molar-refractivity contribution is 0.0910. The average Bonchev–Trinajstić information content (AvgIpc) is 3.03. The minimum atomic E-state index is -0.0738. The van der Waals surface area contributed by atoms with E-state index >= 15 is 0 Å². The molecule has 4 heteroatoms. The van der Waals surface area contributed by atoms with Gasteiger partial charge >= 0.3 is 6.03 Å². The highest BCUT2D eigenvalue weighted by Gasteiger charge is 2.29. The molecule has 3 rings (SSSR count). The number of urea groups is 1. The minimum absolute atomic E-state index is 0.0738. The quantitative estimate of drug-likeness (QED) is 0.839. The molecule has 1 aromatic carbocycles. The second kappa shape index (κ2) is 7.45. The maximum absolute atomic E-state index is 12.0. The maximum Gasteiger partial charge on any atom is 0.315 e. The Morgan fingerprint density at radius 2 is 2.09 bits per heavy atom. The summed E-state index contributed by atoms with van der Waals surface area (Å²) in [5.41, 5.74) is 1.20. The summed E-state index contributed by atoms with van der Waals surface area (Å²) in [6.07, 6.45) is 8.62. The van der Waals surface area contributed by atoms with Crippen molar-refractivity contribution in [3.05, 3.63) is 48.0 Å². The lowest BCUT2D eigenvalue weighted by Crippen LogP contribution is -2.43. The highest BCUT2D eigenvalue weighted by molar-refractivity contribution is 5.74. The van der Waals surface area contributed by atoms with E-state index in [-0.39, 0.29) is 18.2 Å². The van der Waals surface area contributed by atoms with Gasteiger partial charge in [-0.05, 0) is 31.2 Å². The van der Waals surface area contributed by atoms with Crippen LogP contribution in [0.1, 0.15) is 37.4 Å². The first kappa shape index (κ1) is 15.1. The van der Waals surface area contributed by atoms with Gasteiger partial charge in [-0.25, -0.2) is 4.79 Å². The van der Waals surface area contributed by atoms with Gasteiger partial charge in [0.15, 0.2) is 0 Å². The molecular weight excluding hydrogens is 276 g/mol. The molecular formula is C18H24N2O2. The molecule has 2 N–H and O–H groups in total. The van der Waals surface area contributed by atoms with Crippen LogP contribution in [0.3, 0.4) is 0 Å². The number of hydrogen-bond acceptors (Lipinski definition) is 2. The number of nitrogens with one attached hydrogen (secondary N) is 2. The fraction of sp³-hybridized carbons (Fsp3) is 0.500. The molecule has 1 saturated heterocycles. The van der Waals surface area contributed by atoms with E-state index in [4.69, 9.17) is 4.74 Å². The second-order valence-electron chi connectivity index (χ2n) is 6.07. The Morgan fingerprint density at radius 3 is 2.86 bits per heavy atom. The molecule has 1 aromatic rings. The van der Waals surface area contributed by atoms with Crippen LogP contribution in [0.25, 0.3) is 0 Å². The molecule has 1 fully saturated rings. The van der Waals surface area contributed by atoms with Crippen molar-refractivity contribution in [2.45, 2.75) is 37.8 Å². The van der Waals surface area contributed by atoms with Crippen LogP contribution in [0.5, 0.6) is 0 Å². The van der Waals surface area contributed by atoms with Gasteiger partial charge in [-0.1, -0.05) is 42.5 Å². The molecule has 0 saturated carbocycles. The molecule has 2 aliphatic rings. The molecule has 1 aliphatic heterocycles. The van der Waals surface area contributed by atoms with Gasteiger partial charge in [0.25, 0.3) is 0 Å². The van der Waals surface area contributed by atoms with Gasteiger partial charge in [0.05, 0.1) is 6.10 Å². The molecule has 0 spiro atoms. The Labute approximate surface area is 131 Å². The number of ether oxygens (including phenoxy) is 1. The zero-order chi connectivity index (χ0) is 15.2. The summed E-state index contributed by atoms with van der Waals surface area (Å²) in [5, 5.41) is 6.03. The van der Waals surface area contributed by atoms with E-state index in [9.17, 15) is 4.79 Å². The topological polar surface area (TPSA) is 50.4 Å². The van der Waals surface area contributed by atoms with Gasteiger partial charge in [0, 0.05) is 25.1 Å². The van der Waals surface area contributed by atoms with Crippen molar-refractivity contribution in [3.63, 3.8) is 0 Å². The smallest absolute Gasteiger partial charge is 0.315 e. The van der Waals surface area contributed by atoms with Crippen molar-refractivity contribution in [1.82, 2.24) is 10.6 Å². The van der Waals surface area contributed by atoms with Gasteiger partial charge in [-0.2, -0.15) is 0 Å². The molecule has 0 bridgehead atoms. The van der Waals surface area contributed by atoms with Crippen molar-refractivity contribution in [3.8, 4) is 0 Å². The zero-order valence-corrected chi connectivity index (χ0v) is 12.8. The van der Waals surface area contributed by atoms with Crippen molar-refractivity contribution >= 4 is 6.03 Å². The Hall–Kier alpha value is -1.81. The number of rotatable bonds is 4. The molecule has 2 amide bonds. The molecule has 0 aromatic heterocycles. The lowest BCUT2D eigenvalue weighted by Gasteiger charge is -2.21. The molecule has 1 heterocycles. The third kappa shape index (κ3) is 3.89. The number of hydrogen-bond donors (Lipinski definition) is 2. The summed E-state index contributed by atoms with van der Waals surface area (Å²) >= 11 is 0. The zero-order valence-electron chi connectivity index (χ0n) is 12.8. The molecule has 22 heavy (non-hydrogen) atoms. The fourth-order valence-electron chi connectivity index (χ4n) is 3.23. The van der Waals surface area contributed by atoms with Gasteiger partial charge < -0.3 is 15.4 Å². The van der Waals surface area contributed by atoms with E-state index in [1.54, 1.807) is 0 Å². The van der Waals surface area contributed by atoms with Crippen LogP contribution >= 0.6 is 0 Å². The van der Waals surface area contributed by atoms with E-state index in [1.165, 1.54) is 5.56 Å². The second-order valence-corrected chi connectivity index (χ2v) is 6.07. The Balaban J connectivity index is 1.49. The fourth-order valence-corrected chi connectivity index (χ4v) is 3.23. The van der Waals surface area contributed by atoms with Gasteiger partial charge in [0.2, 0.25) is 0 Å². The van der Waals surface area contributed by atoms with E-state index in [2.05, 4.69) is 34.9 Å². The average molecular weight is 300 g/mol. The molecule has 4 nitrogen and oxygen atoms in total. The highest BCUT2D eigenvalue weighted by Crippen LogP contribution is 2.33. The van der Waals surface area contributed by atoms with Crippen molar-refractivity contribution in [2.24, 2.45) is 5.92 Å². The van der Waals surface area contributed by atoms with Crippen molar-refractivity contribution < 1.29 is 9.53 Å². The summed E-state index contributed by atoms with van der Waals surface area (Å²) in [6.45, 7) is 1.42. The van der Waals surface area contributed by atoms with Crippen molar-refractivity contribution in [2.75, 3.05) is 13.2 Å². The van der Waals surface area contributed by atoms with Crippen molar-refractivity contribution in [1.29, 1.82) is 0 Å². The van der Waals surface area contributed by atoms with Gasteiger partial charge in [-0.15, -0.1) is 0 Å². The van der Waals surface area contributed by atoms with Crippen LogP contribution in [0, 0.1) is 5.92 Å². The SMILES string of the molecule is O=C(NC[C@@H]1CCO[C@H]1c1ccccc1)N[C@H]1C=CCCC1. The standard InChI is InChI=1S/C18H24N2O2/c21-18(20-16-9-5-2-6-10-16)19-13-15-11-12-22-17(15)14-7-3-1-4-8-14/h1,3-5,7-9,15-17H,2,6,10-13H2,(H2,19,20,21)/t15-,16-,17-/m0/s1. The van der Waals surface area contributed by atoms with Crippen LogP contribution in [-0.4, -0.2) is 25.2 Å². The summed E-state index contributed by atoms with van der Waals surface area (Å²) < 4.78 is 5.85. The Morgan fingerprint density at radius 1 is 1.23 bits per heavy atom. The summed E-state index contributed by atoms with van der Waals surface area (Å²) in [4.78, 5) is 12.0. The van der Waals surface area contributed by atoms with Gasteiger partial charge in [0.1, 0.15) is 0 Å². The summed E-state index contributed by atoms with van der Waals surface area (Å²) in [5.74, 6) is 0.343.